The molecular weight excluding hydrogens is 452 g/mol. The number of esters is 1. The van der Waals surface area contributed by atoms with E-state index < -0.39 is 18.0 Å². The topological polar surface area (TPSA) is 95.2 Å². The van der Waals surface area contributed by atoms with Gasteiger partial charge in [0, 0.05) is 13.5 Å². The summed E-state index contributed by atoms with van der Waals surface area (Å²) in [5.41, 5.74) is 2.05. The lowest BCUT2D eigenvalue weighted by Gasteiger charge is -2.13. The van der Waals surface area contributed by atoms with E-state index in [1.807, 2.05) is 54.6 Å². The molecule has 2 aromatic carbocycles. The zero-order chi connectivity index (χ0) is 24.2. The van der Waals surface area contributed by atoms with Gasteiger partial charge in [-0.2, -0.15) is 0 Å². The average molecular weight is 479 g/mol. The zero-order valence-corrected chi connectivity index (χ0v) is 20.1. The number of fused-ring (bicyclic) bond motifs is 1. The SMILES string of the molecule is Cc1c(NC(=O)[C@@H](C)OC(=O)CCCc2nc3ccccc3s2)c(=O)n(-c2ccccc2)n1C. The molecule has 0 aliphatic heterocycles. The lowest BCUT2D eigenvalue weighted by molar-refractivity contribution is -0.153. The monoisotopic (exact) mass is 478 g/mol. The predicted molar refractivity (Wildman–Crippen MR) is 132 cm³/mol. The molecule has 2 aromatic heterocycles. The normalized spacial score (nSPS) is 12.0. The zero-order valence-electron chi connectivity index (χ0n) is 19.3. The number of benzene rings is 2. The summed E-state index contributed by atoms with van der Waals surface area (Å²) in [5, 5.41) is 3.60. The van der Waals surface area contributed by atoms with Gasteiger partial charge in [0.1, 0.15) is 5.69 Å². The Bertz CT molecular complexity index is 1350. The Morgan fingerprint density at radius 1 is 1.12 bits per heavy atom. The second-order valence-electron chi connectivity index (χ2n) is 7.99. The Morgan fingerprint density at radius 2 is 1.82 bits per heavy atom. The van der Waals surface area contributed by atoms with Gasteiger partial charge in [0.15, 0.2) is 6.10 Å². The van der Waals surface area contributed by atoms with E-state index in [1.165, 1.54) is 11.6 Å². The van der Waals surface area contributed by atoms with E-state index in [1.54, 1.807) is 30.0 Å². The lowest BCUT2D eigenvalue weighted by Crippen LogP contribution is -2.32. The van der Waals surface area contributed by atoms with Gasteiger partial charge < -0.3 is 10.1 Å². The van der Waals surface area contributed by atoms with Crippen molar-refractivity contribution in [2.45, 2.75) is 39.2 Å². The summed E-state index contributed by atoms with van der Waals surface area (Å²) >= 11 is 1.61. The maximum absolute atomic E-state index is 12.9. The Labute approximate surface area is 200 Å². The van der Waals surface area contributed by atoms with Crippen molar-refractivity contribution in [3.05, 3.63) is 75.7 Å². The van der Waals surface area contributed by atoms with Gasteiger partial charge in [0.2, 0.25) is 0 Å². The smallest absolute Gasteiger partial charge is 0.306 e. The molecule has 0 radical (unpaired) electrons. The van der Waals surface area contributed by atoms with Gasteiger partial charge in [-0.1, -0.05) is 30.3 Å². The van der Waals surface area contributed by atoms with Crippen LogP contribution in [-0.2, 0) is 27.8 Å². The van der Waals surface area contributed by atoms with E-state index in [-0.39, 0.29) is 17.7 Å². The Hall–Kier alpha value is -3.72. The largest absolute Gasteiger partial charge is 0.453 e. The van der Waals surface area contributed by atoms with Crippen LogP contribution in [0.25, 0.3) is 15.9 Å². The van der Waals surface area contributed by atoms with E-state index >= 15 is 0 Å². The van der Waals surface area contributed by atoms with Crippen LogP contribution in [0.5, 0.6) is 0 Å². The number of thiazole rings is 1. The third-order valence-electron chi connectivity index (χ3n) is 5.59. The molecule has 8 nitrogen and oxygen atoms in total. The van der Waals surface area contributed by atoms with Crippen molar-refractivity contribution >= 4 is 39.1 Å². The molecule has 4 rings (SSSR count). The van der Waals surface area contributed by atoms with Gasteiger partial charge in [-0.3, -0.25) is 19.1 Å². The van der Waals surface area contributed by atoms with Gasteiger partial charge in [-0.15, -0.1) is 11.3 Å². The fourth-order valence-electron chi connectivity index (χ4n) is 3.66. The molecular formula is C25H26N4O4S. The molecule has 1 amide bonds. The standard InChI is InChI=1S/C25H26N4O4S/c1-16-23(25(32)29(28(16)3)18-10-5-4-6-11-18)27-24(31)17(2)33-22(30)15-9-14-21-26-19-12-7-8-13-20(19)34-21/h4-8,10-13,17H,9,14-15H2,1-3H3,(H,27,31)/t17-/m1/s1. The van der Waals surface area contributed by atoms with Crippen molar-refractivity contribution in [1.82, 2.24) is 14.3 Å². The number of aryl methyl sites for hydroxylation is 1. The molecule has 1 atom stereocenters. The highest BCUT2D eigenvalue weighted by atomic mass is 32.1. The number of nitrogens with zero attached hydrogens (tertiary/aromatic N) is 3. The number of ether oxygens (including phenoxy) is 1. The molecule has 0 saturated carbocycles. The van der Waals surface area contributed by atoms with Gasteiger partial charge in [0.25, 0.3) is 11.5 Å². The summed E-state index contributed by atoms with van der Waals surface area (Å²) in [7, 11) is 1.74. The van der Waals surface area contributed by atoms with E-state index in [2.05, 4.69) is 10.3 Å². The van der Waals surface area contributed by atoms with Crippen molar-refractivity contribution in [2.75, 3.05) is 5.32 Å². The molecule has 0 fully saturated rings. The van der Waals surface area contributed by atoms with Crippen LogP contribution in [0.3, 0.4) is 0 Å². The molecule has 0 unspecified atom stereocenters. The van der Waals surface area contributed by atoms with Crippen LogP contribution in [0.15, 0.2) is 59.4 Å². The van der Waals surface area contributed by atoms with Crippen molar-refractivity contribution < 1.29 is 14.3 Å². The summed E-state index contributed by atoms with van der Waals surface area (Å²) in [6.45, 7) is 3.24. The van der Waals surface area contributed by atoms with Crippen molar-refractivity contribution in [3.8, 4) is 5.69 Å². The number of hydrogen-bond donors (Lipinski definition) is 1. The maximum atomic E-state index is 12.9. The molecule has 34 heavy (non-hydrogen) atoms. The van der Waals surface area contributed by atoms with Crippen LogP contribution in [0.4, 0.5) is 5.69 Å². The number of nitrogens with one attached hydrogen (secondary N) is 1. The van der Waals surface area contributed by atoms with Crippen molar-refractivity contribution in [3.63, 3.8) is 0 Å². The summed E-state index contributed by atoms with van der Waals surface area (Å²) in [6.07, 6.45) is 0.391. The van der Waals surface area contributed by atoms with Gasteiger partial charge in [-0.25, -0.2) is 9.67 Å². The second kappa shape index (κ2) is 10.0. The minimum absolute atomic E-state index is 0.162. The summed E-state index contributed by atoms with van der Waals surface area (Å²) in [5.74, 6) is -1.01. The quantitative estimate of drug-likeness (QED) is 0.387. The molecule has 0 saturated heterocycles. The fourth-order valence-corrected chi connectivity index (χ4v) is 4.67. The number of carbonyl (C=O) groups is 2. The first-order chi connectivity index (χ1) is 16.3. The summed E-state index contributed by atoms with van der Waals surface area (Å²) < 4.78 is 9.57. The highest BCUT2D eigenvalue weighted by Crippen LogP contribution is 2.23. The Balaban J connectivity index is 1.33. The molecule has 176 valence electrons. The molecule has 2 heterocycles. The van der Waals surface area contributed by atoms with Gasteiger partial charge >= 0.3 is 5.97 Å². The lowest BCUT2D eigenvalue weighted by atomic mass is 10.2. The highest BCUT2D eigenvalue weighted by Gasteiger charge is 2.23. The number of carbonyl (C=O) groups excluding carboxylic acids is 2. The minimum Gasteiger partial charge on any atom is -0.453 e. The molecule has 1 N–H and O–H groups in total. The highest BCUT2D eigenvalue weighted by molar-refractivity contribution is 7.18. The first-order valence-corrected chi connectivity index (χ1v) is 11.9. The van der Waals surface area contributed by atoms with Crippen LogP contribution in [0.2, 0.25) is 0 Å². The second-order valence-corrected chi connectivity index (χ2v) is 9.10. The molecule has 4 aromatic rings. The van der Waals surface area contributed by atoms with Crippen LogP contribution in [-0.4, -0.2) is 32.3 Å². The first-order valence-electron chi connectivity index (χ1n) is 11.0. The Kier molecular flexibility index (Phi) is 6.93. The van der Waals surface area contributed by atoms with Gasteiger partial charge in [-0.05, 0) is 51.0 Å². The van der Waals surface area contributed by atoms with Gasteiger partial charge in [0.05, 0.1) is 26.6 Å². The summed E-state index contributed by atoms with van der Waals surface area (Å²) in [6, 6.07) is 17.1. The Morgan fingerprint density at radius 3 is 2.56 bits per heavy atom. The molecule has 0 spiro atoms. The number of amides is 1. The average Bonchev–Trinajstić information content (AvgIpc) is 3.33. The molecule has 0 bridgehead atoms. The third-order valence-corrected chi connectivity index (χ3v) is 6.69. The number of anilines is 1. The van der Waals surface area contributed by atoms with Crippen LogP contribution >= 0.6 is 11.3 Å². The van der Waals surface area contributed by atoms with E-state index in [4.69, 9.17) is 4.74 Å². The molecule has 0 aliphatic carbocycles. The van der Waals surface area contributed by atoms with E-state index in [9.17, 15) is 14.4 Å². The molecule has 9 heteroatoms. The number of rotatable bonds is 8. The maximum Gasteiger partial charge on any atom is 0.306 e. The fraction of sp³-hybridized carbons (Fsp3) is 0.280. The van der Waals surface area contributed by atoms with Crippen molar-refractivity contribution in [2.24, 2.45) is 7.05 Å². The number of hydrogen-bond acceptors (Lipinski definition) is 6. The van der Waals surface area contributed by atoms with Crippen LogP contribution < -0.4 is 10.9 Å². The van der Waals surface area contributed by atoms with Crippen LogP contribution in [0, 0.1) is 6.92 Å². The van der Waals surface area contributed by atoms with E-state index in [0.29, 0.717) is 24.2 Å². The van der Waals surface area contributed by atoms with E-state index in [0.717, 1.165) is 15.2 Å². The number of para-hydroxylation sites is 2. The third kappa shape index (κ3) is 4.94. The molecule has 0 aliphatic rings. The predicted octanol–water partition coefficient (Wildman–Crippen LogP) is 3.99. The minimum atomic E-state index is -1.03. The van der Waals surface area contributed by atoms with Crippen LogP contribution in [0.1, 0.15) is 30.5 Å². The first kappa shape index (κ1) is 23.4. The summed E-state index contributed by atoms with van der Waals surface area (Å²) in [4.78, 5) is 42.4. The number of aromatic nitrogens is 3. The van der Waals surface area contributed by atoms with Crippen molar-refractivity contribution in [1.29, 1.82) is 0 Å².